The minimum Gasteiger partial charge on any atom is -0.391 e. The van der Waals surface area contributed by atoms with E-state index in [0.29, 0.717) is 18.8 Å². The van der Waals surface area contributed by atoms with E-state index in [1.807, 2.05) is 6.92 Å². The second-order valence-corrected chi connectivity index (χ2v) is 4.67. The number of benzene rings is 1. The molecule has 98 valence electrons. The van der Waals surface area contributed by atoms with Gasteiger partial charge in [-0.25, -0.2) is 4.39 Å². The highest BCUT2D eigenvalue weighted by Gasteiger charge is 2.26. The highest BCUT2D eigenvalue weighted by atomic mass is 19.1. The number of β-amino-alcohol motifs (C(OH)–C–C–N with tert-alkyl or cyclic N) is 1. The first kappa shape index (κ1) is 12.8. The number of piperidine rings is 1. The number of hydrogen-bond donors (Lipinski definition) is 1. The van der Waals surface area contributed by atoms with Crippen molar-refractivity contribution in [1.82, 2.24) is 0 Å². The Hall–Kier alpha value is -1.69. The summed E-state index contributed by atoms with van der Waals surface area (Å²) in [5.74, 6) is -0.423. The van der Waals surface area contributed by atoms with Crippen molar-refractivity contribution in [3.05, 3.63) is 34.1 Å². The van der Waals surface area contributed by atoms with Gasteiger partial charge in [0.25, 0.3) is 5.69 Å². The molecule has 0 saturated carbocycles. The van der Waals surface area contributed by atoms with Crippen LogP contribution in [0.25, 0.3) is 0 Å². The average molecular weight is 254 g/mol. The van der Waals surface area contributed by atoms with Gasteiger partial charge in [0.05, 0.1) is 22.8 Å². The molecule has 1 heterocycles. The summed E-state index contributed by atoms with van der Waals surface area (Å²) in [5.41, 5.74) is 0.0497. The fraction of sp³-hybridized carbons (Fsp3) is 0.500. The lowest BCUT2D eigenvalue weighted by atomic mass is 9.95. The second kappa shape index (κ2) is 4.89. The molecule has 0 aromatic heterocycles. The van der Waals surface area contributed by atoms with Gasteiger partial charge < -0.3 is 10.0 Å². The molecule has 0 radical (unpaired) electrons. The van der Waals surface area contributed by atoms with E-state index in [-0.39, 0.29) is 11.6 Å². The fourth-order valence-electron chi connectivity index (χ4n) is 2.13. The molecule has 5 nitrogen and oxygen atoms in total. The number of non-ortho nitro benzene ring substituents is 1. The maximum Gasteiger partial charge on any atom is 0.272 e. The van der Waals surface area contributed by atoms with Gasteiger partial charge in [0, 0.05) is 19.2 Å². The zero-order chi connectivity index (χ0) is 13.3. The molecule has 1 aliphatic heterocycles. The van der Waals surface area contributed by atoms with Gasteiger partial charge in [-0.05, 0) is 18.4 Å². The summed E-state index contributed by atoms with van der Waals surface area (Å²) >= 11 is 0. The van der Waals surface area contributed by atoms with E-state index in [1.54, 1.807) is 4.90 Å². The molecule has 0 spiro atoms. The van der Waals surface area contributed by atoms with Crippen molar-refractivity contribution in [2.24, 2.45) is 5.92 Å². The Kier molecular flexibility index (Phi) is 3.47. The molecule has 1 aromatic rings. The highest BCUT2D eigenvalue weighted by molar-refractivity contribution is 5.52. The Bertz CT molecular complexity index is 467. The highest BCUT2D eigenvalue weighted by Crippen LogP contribution is 2.28. The molecule has 1 aromatic carbocycles. The van der Waals surface area contributed by atoms with Gasteiger partial charge in [0.2, 0.25) is 0 Å². The monoisotopic (exact) mass is 254 g/mol. The topological polar surface area (TPSA) is 66.6 Å². The van der Waals surface area contributed by atoms with E-state index in [9.17, 15) is 19.6 Å². The lowest BCUT2D eigenvalue weighted by Crippen LogP contribution is -2.43. The number of aliphatic hydroxyl groups is 1. The van der Waals surface area contributed by atoms with Crippen LogP contribution in [0.3, 0.4) is 0 Å². The molecule has 2 unspecified atom stereocenters. The van der Waals surface area contributed by atoms with Gasteiger partial charge in [0.1, 0.15) is 0 Å². The summed E-state index contributed by atoms with van der Waals surface area (Å²) in [6, 6.07) is 3.60. The minimum atomic E-state index is -0.625. The van der Waals surface area contributed by atoms with E-state index < -0.39 is 16.8 Å². The Morgan fingerprint density at radius 1 is 1.56 bits per heavy atom. The van der Waals surface area contributed by atoms with Crippen LogP contribution in [-0.4, -0.2) is 29.2 Å². The van der Waals surface area contributed by atoms with Gasteiger partial charge in [-0.2, -0.15) is 0 Å². The molecular weight excluding hydrogens is 239 g/mol. The molecule has 18 heavy (non-hydrogen) atoms. The van der Waals surface area contributed by atoms with E-state index in [2.05, 4.69) is 0 Å². The molecule has 1 fully saturated rings. The van der Waals surface area contributed by atoms with Crippen molar-refractivity contribution >= 4 is 11.4 Å². The summed E-state index contributed by atoms with van der Waals surface area (Å²) in [6.07, 6.45) is 0.283. The van der Waals surface area contributed by atoms with Crippen LogP contribution in [0.2, 0.25) is 0 Å². The number of halogens is 1. The summed E-state index contributed by atoms with van der Waals surface area (Å²) < 4.78 is 13.8. The zero-order valence-corrected chi connectivity index (χ0v) is 10.0. The number of nitro groups is 1. The average Bonchev–Trinajstić information content (AvgIpc) is 2.32. The van der Waals surface area contributed by atoms with Gasteiger partial charge >= 0.3 is 0 Å². The SMILES string of the molecule is CC1CCN(c2ccc([N+](=O)[O-])cc2F)CC1O. The van der Waals surface area contributed by atoms with Crippen LogP contribution in [-0.2, 0) is 0 Å². The standard InChI is InChI=1S/C12H15FN2O3/c1-8-4-5-14(7-12(8)16)11-3-2-9(15(17)18)6-10(11)13/h2-3,6,8,12,16H,4-5,7H2,1H3. The van der Waals surface area contributed by atoms with Crippen molar-refractivity contribution in [3.8, 4) is 0 Å². The molecule has 0 amide bonds. The van der Waals surface area contributed by atoms with Gasteiger partial charge in [-0.3, -0.25) is 10.1 Å². The molecule has 0 bridgehead atoms. The first-order valence-corrected chi connectivity index (χ1v) is 5.86. The predicted molar refractivity (Wildman–Crippen MR) is 65.1 cm³/mol. The van der Waals surface area contributed by atoms with Crippen LogP contribution < -0.4 is 4.90 Å². The van der Waals surface area contributed by atoms with Crippen LogP contribution in [0, 0.1) is 21.8 Å². The van der Waals surface area contributed by atoms with Crippen molar-refractivity contribution < 1.29 is 14.4 Å². The van der Waals surface area contributed by atoms with Crippen molar-refractivity contribution in [3.63, 3.8) is 0 Å². The normalized spacial score (nSPS) is 24.1. The smallest absolute Gasteiger partial charge is 0.272 e. The third-order valence-corrected chi connectivity index (χ3v) is 3.40. The molecular formula is C12H15FN2O3. The van der Waals surface area contributed by atoms with E-state index in [4.69, 9.17) is 0 Å². The van der Waals surface area contributed by atoms with E-state index >= 15 is 0 Å². The lowest BCUT2D eigenvalue weighted by molar-refractivity contribution is -0.385. The molecule has 1 N–H and O–H groups in total. The Balaban J connectivity index is 2.21. The van der Waals surface area contributed by atoms with Crippen LogP contribution >= 0.6 is 0 Å². The largest absolute Gasteiger partial charge is 0.391 e. The predicted octanol–water partition coefficient (Wildman–Crippen LogP) is 1.94. The first-order chi connectivity index (χ1) is 8.49. The van der Waals surface area contributed by atoms with Crippen molar-refractivity contribution in [2.45, 2.75) is 19.4 Å². The third kappa shape index (κ3) is 2.43. The number of rotatable bonds is 2. The Morgan fingerprint density at radius 2 is 2.28 bits per heavy atom. The van der Waals surface area contributed by atoms with Gasteiger partial charge in [0.15, 0.2) is 5.82 Å². The number of nitro benzene ring substituents is 1. The molecule has 0 aliphatic carbocycles. The number of aliphatic hydroxyl groups excluding tert-OH is 1. The molecule has 2 atom stereocenters. The fourth-order valence-corrected chi connectivity index (χ4v) is 2.13. The molecule has 1 aliphatic rings. The summed E-state index contributed by atoms with van der Waals surface area (Å²) in [7, 11) is 0. The third-order valence-electron chi connectivity index (χ3n) is 3.40. The zero-order valence-electron chi connectivity index (χ0n) is 10.0. The second-order valence-electron chi connectivity index (χ2n) is 4.67. The van der Waals surface area contributed by atoms with Crippen molar-refractivity contribution in [2.75, 3.05) is 18.0 Å². The van der Waals surface area contributed by atoms with E-state index in [0.717, 1.165) is 12.5 Å². The van der Waals surface area contributed by atoms with Crippen LogP contribution in [0.15, 0.2) is 18.2 Å². The maximum absolute atomic E-state index is 13.8. The number of anilines is 1. The van der Waals surface area contributed by atoms with Crippen molar-refractivity contribution in [1.29, 1.82) is 0 Å². The van der Waals surface area contributed by atoms with Crippen LogP contribution in [0.5, 0.6) is 0 Å². The minimum absolute atomic E-state index is 0.197. The summed E-state index contributed by atoms with van der Waals surface area (Å²) in [4.78, 5) is 11.6. The maximum atomic E-state index is 13.8. The Labute approximate surface area is 104 Å². The lowest BCUT2D eigenvalue weighted by Gasteiger charge is -2.35. The Morgan fingerprint density at radius 3 is 2.83 bits per heavy atom. The molecule has 1 saturated heterocycles. The van der Waals surface area contributed by atoms with Crippen LogP contribution in [0.1, 0.15) is 13.3 Å². The quantitative estimate of drug-likeness (QED) is 0.647. The number of hydrogen-bond acceptors (Lipinski definition) is 4. The molecule has 2 rings (SSSR count). The number of nitrogens with zero attached hydrogens (tertiary/aromatic N) is 2. The van der Waals surface area contributed by atoms with Gasteiger partial charge in [-0.1, -0.05) is 6.92 Å². The summed E-state index contributed by atoms with van der Waals surface area (Å²) in [6.45, 7) is 2.96. The first-order valence-electron chi connectivity index (χ1n) is 5.86. The molecule has 6 heteroatoms. The van der Waals surface area contributed by atoms with E-state index in [1.165, 1.54) is 12.1 Å². The van der Waals surface area contributed by atoms with Gasteiger partial charge in [-0.15, -0.1) is 0 Å². The summed E-state index contributed by atoms with van der Waals surface area (Å²) in [5, 5.41) is 20.3. The van der Waals surface area contributed by atoms with Crippen LogP contribution in [0.4, 0.5) is 15.8 Å².